The topological polar surface area (TPSA) is 0 Å². The van der Waals surface area contributed by atoms with Crippen LogP contribution in [0.25, 0.3) is 0 Å². The molecule has 0 aliphatic rings. The van der Waals surface area contributed by atoms with Gasteiger partial charge in [0.15, 0.2) is 0 Å². The molecule has 0 bridgehead atoms. The minimum atomic E-state index is -2.94. The maximum Gasteiger partial charge on any atom is 0.372 e. The van der Waals surface area contributed by atoms with Gasteiger partial charge in [0, 0.05) is 15.7 Å². The van der Waals surface area contributed by atoms with Gasteiger partial charge in [-0.15, -0.1) is 33.2 Å². The van der Waals surface area contributed by atoms with Crippen LogP contribution in [0.2, 0.25) is 0 Å². The summed E-state index contributed by atoms with van der Waals surface area (Å²) in [5.74, 6) is -0.0343. The Bertz CT molecular complexity index is 884. The Balaban J connectivity index is 2.08. The highest BCUT2D eigenvalue weighted by molar-refractivity contribution is 8.65. The maximum atomic E-state index is 6.34. The van der Waals surface area contributed by atoms with Crippen molar-refractivity contribution in [2.24, 2.45) is 0 Å². The van der Waals surface area contributed by atoms with Crippen LogP contribution in [0.5, 0.6) is 0 Å². The van der Waals surface area contributed by atoms with Gasteiger partial charge in [0.05, 0.1) is 0 Å². The van der Waals surface area contributed by atoms with Gasteiger partial charge in [0.25, 0.3) is 0 Å². The van der Waals surface area contributed by atoms with Crippen molar-refractivity contribution < 1.29 is 0 Å². The van der Waals surface area contributed by atoms with E-state index in [4.69, 9.17) is 76.0 Å². The number of halogens is 7. The van der Waals surface area contributed by atoms with Crippen LogP contribution in [0.15, 0.2) is 82.6 Å². The highest BCUT2D eigenvalue weighted by Crippen LogP contribution is 2.62. The molecule has 0 saturated carbocycles. The van der Waals surface area contributed by atoms with E-state index in [0.717, 1.165) is 31.7 Å². The molecule has 0 atom stereocenters. The Morgan fingerprint density at radius 3 is 1.10 bits per heavy atom. The number of hydrogen-bond donors (Lipinski definition) is 0. The van der Waals surface area contributed by atoms with Crippen molar-refractivity contribution >= 4 is 104 Å². The summed E-state index contributed by atoms with van der Waals surface area (Å²) < 4.78 is 0. The number of hydrogen-bond acceptors (Lipinski definition) is 0. The highest BCUT2D eigenvalue weighted by atomic mass is 36.0. The average molecular weight is 612 g/mol. The number of benzene rings is 3. The van der Waals surface area contributed by atoms with E-state index >= 15 is 0 Å². The Hall–Kier alpha value is 0.607. The Labute approximate surface area is 219 Å². The van der Waals surface area contributed by atoms with Gasteiger partial charge in [0.2, 0.25) is 0 Å². The lowest BCUT2D eigenvalue weighted by Gasteiger charge is -2.24. The van der Waals surface area contributed by atoms with Gasteiger partial charge in [-0.05, 0) is 101 Å². The lowest BCUT2D eigenvalue weighted by atomic mass is 9.85. The van der Waals surface area contributed by atoms with Crippen LogP contribution in [-0.2, 0) is 0 Å². The zero-order valence-corrected chi connectivity index (χ0v) is 24.4. The molecule has 3 aromatic rings. The minimum Gasteiger partial charge on any atom is -0.121 e. The van der Waals surface area contributed by atoms with Gasteiger partial charge in [-0.1, -0.05) is 65.4 Å². The monoisotopic (exact) mass is 608 g/mol. The van der Waals surface area contributed by atoms with Gasteiger partial charge in [-0.2, -0.15) is 0 Å². The second kappa shape index (κ2) is 10.1. The molecular weight excluding hydrogens is 593 g/mol. The molecule has 0 nitrogen and oxygen atoms in total. The molecule has 0 radical (unpaired) electrons. The third-order valence-corrected chi connectivity index (χ3v) is 12.1. The second-order valence-corrected chi connectivity index (χ2v) is 27.8. The summed E-state index contributed by atoms with van der Waals surface area (Å²) in [6.07, 6.45) is 3.66. The van der Waals surface area contributed by atoms with Gasteiger partial charge in [-0.3, -0.25) is 0 Å². The smallest absolute Gasteiger partial charge is 0.121 e. The van der Waals surface area contributed by atoms with E-state index in [2.05, 4.69) is 24.3 Å². The molecule has 0 aliphatic carbocycles. The first-order valence-corrected chi connectivity index (χ1v) is 21.4. The molecule has 3 aromatic carbocycles. The van der Waals surface area contributed by atoms with E-state index in [0.29, 0.717) is 0 Å². The van der Waals surface area contributed by atoms with Gasteiger partial charge >= 0.3 is 6.00 Å². The Morgan fingerprint density at radius 2 is 0.839 bits per heavy atom. The van der Waals surface area contributed by atoms with Crippen LogP contribution in [0.1, 0.15) is 22.6 Å². The molecule has 0 amide bonds. The third kappa shape index (κ3) is 6.82. The van der Waals surface area contributed by atoms with Crippen molar-refractivity contribution in [2.75, 3.05) is 12.5 Å². The van der Waals surface area contributed by atoms with Crippen molar-refractivity contribution in [3.63, 3.8) is 0 Å². The van der Waals surface area contributed by atoms with E-state index in [-0.39, 0.29) is 5.92 Å². The van der Waals surface area contributed by atoms with Crippen LogP contribution in [0.4, 0.5) is 0 Å². The first-order chi connectivity index (χ1) is 14.3. The molecule has 31 heavy (non-hydrogen) atoms. The lowest BCUT2D eigenvalue weighted by molar-refractivity contribution is 0.971. The van der Waals surface area contributed by atoms with Gasteiger partial charge in [-0.25, -0.2) is 0 Å². The maximum absolute atomic E-state index is 6.34. The molecular formula is C21H19Cl7S2Si. The van der Waals surface area contributed by atoms with Gasteiger partial charge < -0.3 is 0 Å². The summed E-state index contributed by atoms with van der Waals surface area (Å²) in [5, 5.41) is 0.748. The van der Waals surface area contributed by atoms with E-state index < -0.39 is 22.9 Å². The van der Waals surface area contributed by atoms with Crippen LogP contribution >= 0.6 is 92.9 Å². The fraction of sp³-hybridized carbons (Fsp3) is 0.143. The number of rotatable bonds is 6. The predicted octanol–water partition coefficient (Wildman–Crippen LogP) is 9.93. The van der Waals surface area contributed by atoms with Crippen molar-refractivity contribution in [2.45, 2.75) is 15.7 Å². The van der Waals surface area contributed by atoms with E-state index in [9.17, 15) is 0 Å². The van der Waals surface area contributed by atoms with Crippen molar-refractivity contribution in [1.29, 1.82) is 0 Å². The van der Waals surface area contributed by atoms with E-state index in [1.54, 1.807) is 0 Å². The third-order valence-electron chi connectivity index (χ3n) is 4.83. The minimum absolute atomic E-state index is 0.0343. The molecule has 0 aliphatic heterocycles. The molecule has 0 heterocycles. The fourth-order valence-corrected chi connectivity index (χ4v) is 7.38. The van der Waals surface area contributed by atoms with Crippen LogP contribution in [0.3, 0.4) is 0 Å². The molecule has 0 unspecified atom stereocenters. The van der Waals surface area contributed by atoms with Gasteiger partial charge in [0.1, 0.15) is 0 Å². The van der Waals surface area contributed by atoms with E-state index in [1.807, 2.05) is 61.0 Å². The standard InChI is InChI=1S/C21H19Cl7S2Si/c1-29(22,23)18-9-3-15(4-10-18)21(16-5-11-19(12-6-16)30(2,24)25)17-7-13-20(14-8-17)31(26,27)28/h3-14,21H,1-2H3. The molecule has 10 heteroatoms. The summed E-state index contributed by atoms with van der Waals surface area (Å²) in [6.45, 7) is 0. The van der Waals surface area contributed by atoms with Crippen molar-refractivity contribution in [3.05, 3.63) is 89.5 Å². The molecule has 0 N–H and O–H groups in total. The predicted molar refractivity (Wildman–Crippen MR) is 150 cm³/mol. The largest absolute Gasteiger partial charge is 0.372 e. The summed E-state index contributed by atoms with van der Waals surface area (Å²) in [7, 11) is 21.7. The molecule has 0 saturated heterocycles. The zero-order chi connectivity index (χ0) is 23.0. The van der Waals surface area contributed by atoms with Crippen LogP contribution in [-0.4, -0.2) is 18.5 Å². The SMILES string of the molecule is CS(Cl)(Cl)c1ccc(C(c2ccc([Si](Cl)(Cl)Cl)cc2)c2ccc(S(C)(Cl)Cl)cc2)cc1. The normalized spacial score (nSPS) is 14.0. The fourth-order valence-electron chi connectivity index (χ4n) is 3.24. The molecule has 0 spiro atoms. The van der Waals surface area contributed by atoms with Crippen molar-refractivity contribution in [3.8, 4) is 0 Å². The highest BCUT2D eigenvalue weighted by Gasteiger charge is 2.28. The lowest BCUT2D eigenvalue weighted by Crippen LogP contribution is -2.29. The molecule has 168 valence electrons. The Kier molecular flexibility index (Phi) is 8.52. The quantitative estimate of drug-likeness (QED) is 0.148. The zero-order valence-electron chi connectivity index (χ0n) is 16.5. The van der Waals surface area contributed by atoms with Crippen molar-refractivity contribution in [1.82, 2.24) is 0 Å². The molecule has 0 aromatic heterocycles. The summed E-state index contributed by atoms with van der Waals surface area (Å²) in [5.41, 5.74) is 3.27. The molecule has 0 fully saturated rings. The van der Waals surface area contributed by atoms with Crippen LogP contribution < -0.4 is 5.19 Å². The summed E-state index contributed by atoms with van der Waals surface area (Å²) >= 11 is 18.5. The average Bonchev–Trinajstić information content (AvgIpc) is 2.67. The molecule has 3 rings (SSSR count). The van der Waals surface area contributed by atoms with E-state index in [1.165, 1.54) is 0 Å². The summed E-state index contributed by atoms with van der Waals surface area (Å²) in [6, 6.07) is 21.0. The first-order valence-electron chi connectivity index (χ1n) is 8.99. The second-order valence-electron chi connectivity index (χ2n) is 7.14. The Morgan fingerprint density at radius 1 is 0.548 bits per heavy atom. The summed E-state index contributed by atoms with van der Waals surface area (Å²) in [4.78, 5) is 1.82. The van der Waals surface area contributed by atoms with Crippen LogP contribution in [0, 0.1) is 0 Å². The first kappa shape index (κ1) is 26.2.